The maximum absolute atomic E-state index is 13.9. The van der Waals surface area contributed by atoms with Gasteiger partial charge < -0.3 is 14.4 Å². The fourth-order valence-electron chi connectivity index (χ4n) is 4.39. The molecule has 5 rings (SSSR count). The van der Waals surface area contributed by atoms with Crippen LogP contribution in [0.1, 0.15) is 58.7 Å². The van der Waals surface area contributed by atoms with E-state index in [-0.39, 0.29) is 28.3 Å². The Hall–Kier alpha value is -4.91. The van der Waals surface area contributed by atoms with E-state index in [1.807, 2.05) is 0 Å². The van der Waals surface area contributed by atoms with Gasteiger partial charge >= 0.3 is 12.1 Å². The summed E-state index contributed by atoms with van der Waals surface area (Å²) >= 11 is 6.21. The van der Waals surface area contributed by atoms with Crippen LogP contribution in [0.25, 0.3) is 11.3 Å². The van der Waals surface area contributed by atoms with Crippen LogP contribution in [0, 0.1) is 6.92 Å². The first-order valence-corrected chi connectivity index (χ1v) is 14.0. The van der Waals surface area contributed by atoms with Gasteiger partial charge in [-0.3, -0.25) is 4.79 Å². The number of anilines is 1. The predicted molar refractivity (Wildman–Crippen MR) is 160 cm³/mol. The zero-order valence-electron chi connectivity index (χ0n) is 24.9. The second-order valence-electron chi connectivity index (χ2n) is 11.1. The number of benzene rings is 2. The second kappa shape index (κ2) is 11.9. The molecule has 0 spiro atoms. The zero-order valence-corrected chi connectivity index (χ0v) is 25.6. The number of rotatable bonds is 7. The van der Waals surface area contributed by atoms with Gasteiger partial charge in [0.15, 0.2) is 11.3 Å². The quantitative estimate of drug-likeness (QED) is 0.182. The van der Waals surface area contributed by atoms with Gasteiger partial charge in [-0.25, -0.2) is 19.0 Å². The van der Waals surface area contributed by atoms with E-state index < -0.39 is 41.0 Å². The lowest BCUT2D eigenvalue weighted by Gasteiger charge is -2.19. The number of carbonyl (C=O) groups excluding carboxylic acids is 2. The van der Waals surface area contributed by atoms with Crippen LogP contribution in [0.5, 0.6) is 5.75 Å². The normalized spacial score (nSPS) is 11.9. The Labute approximate surface area is 260 Å². The van der Waals surface area contributed by atoms with Crippen LogP contribution in [0.3, 0.4) is 0 Å². The summed E-state index contributed by atoms with van der Waals surface area (Å²) in [7, 11) is 1.57. The van der Waals surface area contributed by atoms with Gasteiger partial charge in [-0.15, -0.1) is 0 Å². The maximum Gasteiger partial charge on any atom is 0.436 e. The number of esters is 1. The Morgan fingerprint density at radius 1 is 0.978 bits per heavy atom. The molecule has 3 aromatic heterocycles. The van der Waals surface area contributed by atoms with Gasteiger partial charge in [0.2, 0.25) is 0 Å². The minimum absolute atomic E-state index is 0.0924. The van der Waals surface area contributed by atoms with E-state index in [2.05, 4.69) is 15.2 Å². The Kier molecular flexibility index (Phi) is 8.32. The molecule has 234 valence electrons. The largest absolute Gasteiger partial charge is 0.487 e. The highest BCUT2D eigenvalue weighted by atomic mass is 35.5. The van der Waals surface area contributed by atoms with Crippen molar-refractivity contribution >= 4 is 34.8 Å². The number of ether oxygens (including phenoxy) is 2. The Morgan fingerprint density at radius 3 is 2.36 bits per heavy atom. The monoisotopic (exact) mass is 640 g/mol. The number of hydrogen-bond donors (Lipinski definition) is 0. The molecule has 0 unspecified atom stereocenters. The van der Waals surface area contributed by atoms with E-state index in [1.54, 1.807) is 63.7 Å². The highest BCUT2D eigenvalue weighted by molar-refractivity contribution is 6.32. The fourth-order valence-corrected chi connectivity index (χ4v) is 4.67. The third kappa shape index (κ3) is 6.93. The standard InChI is InChI=1S/C31H28ClF3N6O4/c1-18-36-25-14-11-22(16-40(25)37-18)39(5)28(42)20-7-6-8-21(15-20)41-24(26(32)27(38-41)31(33,34)35)17-44-23-12-9-19(10-13-23)29(43)45-30(2,3)4/h6-16H,17H2,1-5H3. The molecular weight excluding hydrogens is 613 g/mol. The molecule has 0 radical (unpaired) electrons. The van der Waals surface area contributed by atoms with Crippen LogP contribution in [-0.4, -0.2) is 48.9 Å². The number of hydrogen-bond acceptors (Lipinski definition) is 7. The van der Waals surface area contributed by atoms with Crippen LogP contribution >= 0.6 is 11.6 Å². The number of halogens is 4. The van der Waals surface area contributed by atoms with Gasteiger partial charge in [0.25, 0.3) is 5.91 Å². The molecule has 0 aliphatic rings. The minimum Gasteiger partial charge on any atom is -0.487 e. The third-order valence-corrected chi connectivity index (χ3v) is 6.90. The summed E-state index contributed by atoms with van der Waals surface area (Å²) in [4.78, 5) is 31.4. The molecule has 0 aliphatic carbocycles. The lowest BCUT2D eigenvalue weighted by atomic mass is 10.1. The number of carbonyl (C=O) groups is 2. The molecule has 0 saturated carbocycles. The van der Waals surface area contributed by atoms with Crippen molar-refractivity contribution in [1.29, 1.82) is 0 Å². The molecule has 0 saturated heterocycles. The van der Waals surface area contributed by atoms with E-state index in [4.69, 9.17) is 21.1 Å². The molecule has 0 fully saturated rings. The molecule has 14 heteroatoms. The summed E-state index contributed by atoms with van der Waals surface area (Å²) < 4.78 is 55.2. The first-order valence-electron chi connectivity index (χ1n) is 13.6. The predicted octanol–water partition coefficient (Wildman–Crippen LogP) is 6.71. The highest BCUT2D eigenvalue weighted by Crippen LogP contribution is 2.37. The molecule has 3 heterocycles. The molecular formula is C31H28ClF3N6O4. The van der Waals surface area contributed by atoms with E-state index in [0.29, 0.717) is 17.2 Å². The highest BCUT2D eigenvalue weighted by Gasteiger charge is 2.39. The molecule has 1 amide bonds. The van der Waals surface area contributed by atoms with Crippen molar-refractivity contribution in [2.45, 2.75) is 46.1 Å². The van der Waals surface area contributed by atoms with Gasteiger partial charge in [0.1, 0.15) is 29.5 Å². The fraction of sp³-hybridized carbons (Fsp3) is 0.258. The van der Waals surface area contributed by atoms with Crippen molar-refractivity contribution in [3.05, 3.63) is 100 Å². The maximum atomic E-state index is 13.9. The third-order valence-electron chi connectivity index (χ3n) is 6.50. The summed E-state index contributed by atoms with van der Waals surface area (Å²) in [6, 6.07) is 15.4. The van der Waals surface area contributed by atoms with Crippen molar-refractivity contribution in [1.82, 2.24) is 24.4 Å². The van der Waals surface area contributed by atoms with Gasteiger partial charge in [0.05, 0.1) is 28.2 Å². The van der Waals surface area contributed by atoms with E-state index >= 15 is 0 Å². The Balaban J connectivity index is 1.42. The van der Waals surface area contributed by atoms with E-state index in [9.17, 15) is 22.8 Å². The molecule has 5 aromatic rings. The Bertz CT molecular complexity index is 1890. The summed E-state index contributed by atoms with van der Waals surface area (Å²) in [6.07, 6.45) is -3.20. The molecule has 2 aromatic carbocycles. The van der Waals surface area contributed by atoms with Crippen LogP contribution in [-0.2, 0) is 17.5 Å². The number of aryl methyl sites for hydroxylation is 1. The first-order chi connectivity index (χ1) is 21.1. The van der Waals surface area contributed by atoms with Crippen LogP contribution < -0.4 is 9.64 Å². The van der Waals surface area contributed by atoms with Crippen molar-refractivity contribution in [2.24, 2.45) is 0 Å². The van der Waals surface area contributed by atoms with Crippen molar-refractivity contribution in [3.63, 3.8) is 0 Å². The first kappa shape index (κ1) is 31.5. The summed E-state index contributed by atoms with van der Waals surface area (Å²) in [5.74, 6) is -0.114. The van der Waals surface area contributed by atoms with Crippen molar-refractivity contribution in [2.75, 3.05) is 11.9 Å². The number of fused-ring (bicyclic) bond motifs is 1. The number of amides is 1. The van der Waals surface area contributed by atoms with Crippen molar-refractivity contribution < 1.29 is 32.2 Å². The molecule has 0 N–H and O–H groups in total. The van der Waals surface area contributed by atoms with Crippen LogP contribution in [0.2, 0.25) is 5.02 Å². The van der Waals surface area contributed by atoms with Gasteiger partial charge in [-0.2, -0.15) is 23.4 Å². The molecule has 45 heavy (non-hydrogen) atoms. The number of nitrogens with zero attached hydrogens (tertiary/aromatic N) is 6. The summed E-state index contributed by atoms with van der Waals surface area (Å²) in [6.45, 7) is 6.58. The average Bonchev–Trinajstić information content (AvgIpc) is 3.52. The second-order valence-corrected chi connectivity index (χ2v) is 11.5. The van der Waals surface area contributed by atoms with Gasteiger partial charge in [0, 0.05) is 12.6 Å². The SMILES string of the molecule is Cc1nc2ccc(N(C)C(=O)c3cccc(-n4nc(C(F)(F)F)c(Cl)c4COc4ccc(C(=O)OC(C)(C)C)cc4)c3)cn2n1. The zero-order chi connectivity index (χ0) is 32.7. The number of pyridine rings is 1. The topological polar surface area (TPSA) is 104 Å². The van der Waals surface area contributed by atoms with E-state index in [0.717, 1.165) is 4.68 Å². The van der Waals surface area contributed by atoms with Crippen LogP contribution in [0.4, 0.5) is 18.9 Å². The lowest BCUT2D eigenvalue weighted by molar-refractivity contribution is -0.141. The minimum atomic E-state index is -4.85. The van der Waals surface area contributed by atoms with Gasteiger partial charge in [-0.05, 0) is 82.3 Å². The van der Waals surface area contributed by atoms with E-state index in [1.165, 1.54) is 47.4 Å². The molecule has 0 atom stereocenters. The molecule has 0 aliphatic heterocycles. The summed E-state index contributed by atoms with van der Waals surface area (Å²) in [5.41, 5.74) is -0.302. The number of alkyl halides is 3. The molecule has 10 nitrogen and oxygen atoms in total. The summed E-state index contributed by atoms with van der Waals surface area (Å²) in [5, 5.41) is 7.37. The average molecular weight is 641 g/mol. The number of aromatic nitrogens is 5. The smallest absolute Gasteiger partial charge is 0.436 e. The Morgan fingerprint density at radius 2 is 1.69 bits per heavy atom. The van der Waals surface area contributed by atoms with Crippen molar-refractivity contribution in [3.8, 4) is 11.4 Å². The van der Waals surface area contributed by atoms with Gasteiger partial charge in [-0.1, -0.05) is 17.7 Å². The molecule has 0 bridgehead atoms. The lowest BCUT2D eigenvalue weighted by Crippen LogP contribution is -2.26. The van der Waals surface area contributed by atoms with Crippen LogP contribution in [0.15, 0.2) is 66.9 Å².